The Morgan fingerprint density at radius 3 is 3.11 bits per heavy atom. The predicted molar refractivity (Wildman–Crippen MR) is 76.6 cm³/mol. The number of nitrogens with two attached hydrogens (primary N) is 1. The Bertz CT molecular complexity index is 613. The highest BCUT2D eigenvalue weighted by Crippen LogP contribution is 2.31. The van der Waals surface area contributed by atoms with Crippen LogP contribution in [0.15, 0.2) is 0 Å². The number of nitrogens with zero attached hydrogens (tertiary/aromatic N) is 2. The number of anilines is 1. The standard InChI is InChI=1S/C10H13N3O2S3/c1-2-15-6(14)4-3-5-13-9-7(17-10(13)16)8(11)18-12-9/h2-5,11H2,1H3. The van der Waals surface area contributed by atoms with Crippen LogP contribution in [0.2, 0.25) is 0 Å². The average Bonchev–Trinajstić information content (AvgIpc) is 2.82. The first kappa shape index (κ1) is 13.4. The molecule has 18 heavy (non-hydrogen) atoms. The summed E-state index contributed by atoms with van der Waals surface area (Å²) in [5.74, 6) is -0.173. The number of aromatic nitrogens is 2. The maximum absolute atomic E-state index is 11.2. The number of fused-ring (bicyclic) bond motifs is 1. The molecule has 0 aliphatic rings. The minimum Gasteiger partial charge on any atom is -0.466 e. The van der Waals surface area contributed by atoms with Gasteiger partial charge in [-0.2, -0.15) is 4.37 Å². The Labute approximate surface area is 117 Å². The molecular weight excluding hydrogens is 290 g/mol. The van der Waals surface area contributed by atoms with Crippen molar-refractivity contribution in [1.82, 2.24) is 8.94 Å². The second-order valence-corrected chi connectivity index (χ2v) is 6.08. The first-order valence-corrected chi connectivity index (χ1v) is 7.53. The summed E-state index contributed by atoms with van der Waals surface area (Å²) in [5.41, 5.74) is 6.64. The third-order valence-corrected chi connectivity index (χ3v) is 4.66. The minimum atomic E-state index is -0.173. The van der Waals surface area contributed by atoms with Gasteiger partial charge in [-0.1, -0.05) is 11.3 Å². The molecule has 0 saturated heterocycles. The smallest absolute Gasteiger partial charge is 0.305 e. The van der Waals surface area contributed by atoms with Crippen molar-refractivity contribution in [3.63, 3.8) is 0 Å². The Kier molecular flexibility index (Phi) is 4.31. The molecule has 0 saturated carbocycles. The zero-order valence-electron chi connectivity index (χ0n) is 9.84. The first-order valence-electron chi connectivity index (χ1n) is 5.53. The number of hydrogen-bond donors (Lipinski definition) is 1. The molecule has 5 nitrogen and oxygen atoms in total. The lowest BCUT2D eigenvalue weighted by Gasteiger charge is -2.03. The zero-order valence-corrected chi connectivity index (χ0v) is 12.3. The van der Waals surface area contributed by atoms with E-state index in [0.717, 1.165) is 14.3 Å². The molecule has 98 valence electrons. The van der Waals surface area contributed by atoms with Crippen molar-refractivity contribution >= 4 is 56.4 Å². The average molecular weight is 303 g/mol. The Hall–Kier alpha value is -0.990. The zero-order chi connectivity index (χ0) is 13.1. The van der Waals surface area contributed by atoms with Crippen LogP contribution in [0.4, 0.5) is 5.00 Å². The predicted octanol–water partition coefficient (Wildman–Crippen LogP) is 2.81. The number of ether oxygens (including phenoxy) is 1. The summed E-state index contributed by atoms with van der Waals surface area (Å²) in [4.78, 5) is 11.2. The van der Waals surface area contributed by atoms with Gasteiger partial charge in [0, 0.05) is 13.0 Å². The number of aryl methyl sites for hydroxylation is 1. The molecule has 0 spiro atoms. The summed E-state index contributed by atoms with van der Waals surface area (Å²) in [5, 5.41) is 0.699. The maximum atomic E-state index is 11.2. The lowest BCUT2D eigenvalue weighted by molar-refractivity contribution is -0.143. The Morgan fingerprint density at radius 2 is 2.39 bits per heavy atom. The molecule has 0 aromatic carbocycles. The summed E-state index contributed by atoms with van der Waals surface area (Å²) < 4.78 is 12.8. The molecule has 2 aromatic rings. The van der Waals surface area contributed by atoms with Crippen molar-refractivity contribution in [2.24, 2.45) is 0 Å². The van der Waals surface area contributed by atoms with Gasteiger partial charge in [0.25, 0.3) is 0 Å². The van der Waals surface area contributed by atoms with E-state index in [-0.39, 0.29) is 5.97 Å². The molecule has 2 N–H and O–H groups in total. The second kappa shape index (κ2) is 5.77. The molecule has 0 bridgehead atoms. The normalized spacial score (nSPS) is 10.9. The Balaban J connectivity index is 2.05. The van der Waals surface area contributed by atoms with Crippen LogP contribution >= 0.6 is 35.1 Å². The number of rotatable bonds is 5. The summed E-state index contributed by atoms with van der Waals surface area (Å²) >= 11 is 8.01. The highest BCUT2D eigenvalue weighted by Gasteiger charge is 2.12. The van der Waals surface area contributed by atoms with Gasteiger partial charge in [0.2, 0.25) is 0 Å². The van der Waals surface area contributed by atoms with Crippen LogP contribution in [-0.2, 0) is 16.1 Å². The molecule has 2 aromatic heterocycles. The fraction of sp³-hybridized carbons (Fsp3) is 0.500. The quantitative estimate of drug-likeness (QED) is 0.679. The molecule has 0 aliphatic heterocycles. The molecule has 0 radical (unpaired) electrons. The van der Waals surface area contributed by atoms with Crippen LogP contribution in [-0.4, -0.2) is 21.5 Å². The lowest BCUT2D eigenvalue weighted by Crippen LogP contribution is -2.06. The van der Waals surface area contributed by atoms with E-state index in [1.165, 1.54) is 22.9 Å². The van der Waals surface area contributed by atoms with Crippen LogP contribution in [0.5, 0.6) is 0 Å². The van der Waals surface area contributed by atoms with Crippen LogP contribution in [0.1, 0.15) is 19.8 Å². The third-order valence-electron chi connectivity index (χ3n) is 2.39. The van der Waals surface area contributed by atoms with Crippen molar-refractivity contribution in [1.29, 1.82) is 0 Å². The van der Waals surface area contributed by atoms with Crippen LogP contribution in [0.3, 0.4) is 0 Å². The van der Waals surface area contributed by atoms with Crippen LogP contribution in [0.25, 0.3) is 10.3 Å². The molecule has 0 atom stereocenters. The van der Waals surface area contributed by atoms with Crippen molar-refractivity contribution < 1.29 is 9.53 Å². The van der Waals surface area contributed by atoms with E-state index in [2.05, 4.69) is 4.37 Å². The molecule has 2 rings (SSSR count). The van der Waals surface area contributed by atoms with Gasteiger partial charge in [-0.05, 0) is 37.1 Å². The van der Waals surface area contributed by atoms with E-state index in [0.29, 0.717) is 31.0 Å². The van der Waals surface area contributed by atoms with E-state index in [4.69, 9.17) is 22.7 Å². The Morgan fingerprint density at radius 1 is 1.61 bits per heavy atom. The number of esters is 1. The van der Waals surface area contributed by atoms with Gasteiger partial charge in [0.1, 0.15) is 9.70 Å². The largest absolute Gasteiger partial charge is 0.466 e. The van der Waals surface area contributed by atoms with E-state index in [1.54, 1.807) is 6.92 Å². The van der Waals surface area contributed by atoms with E-state index in [1.807, 2.05) is 4.57 Å². The van der Waals surface area contributed by atoms with Crippen LogP contribution in [0, 0.1) is 3.95 Å². The van der Waals surface area contributed by atoms with Gasteiger partial charge in [-0.15, -0.1) is 0 Å². The van der Waals surface area contributed by atoms with Crippen molar-refractivity contribution in [3.05, 3.63) is 3.95 Å². The SMILES string of the molecule is CCOC(=O)CCCn1c(=S)sc2c(N)snc21. The topological polar surface area (TPSA) is 70.1 Å². The summed E-state index contributed by atoms with van der Waals surface area (Å²) in [7, 11) is 0. The van der Waals surface area contributed by atoms with Gasteiger partial charge in [-0.25, -0.2) is 0 Å². The van der Waals surface area contributed by atoms with Gasteiger partial charge in [-0.3, -0.25) is 4.79 Å². The summed E-state index contributed by atoms with van der Waals surface area (Å²) in [6.07, 6.45) is 1.09. The third kappa shape index (κ3) is 2.70. The summed E-state index contributed by atoms with van der Waals surface area (Å²) in [6.45, 7) is 2.89. The first-order chi connectivity index (χ1) is 8.63. The van der Waals surface area contributed by atoms with E-state index >= 15 is 0 Å². The fourth-order valence-electron chi connectivity index (χ4n) is 1.59. The van der Waals surface area contributed by atoms with E-state index < -0.39 is 0 Å². The fourth-order valence-corrected chi connectivity index (χ4v) is 3.68. The van der Waals surface area contributed by atoms with Crippen LogP contribution < -0.4 is 5.73 Å². The van der Waals surface area contributed by atoms with Crippen molar-refractivity contribution in [3.8, 4) is 0 Å². The van der Waals surface area contributed by atoms with Gasteiger partial charge in [0.05, 0.1) is 6.61 Å². The van der Waals surface area contributed by atoms with E-state index in [9.17, 15) is 4.79 Å². The number of hydrogen-bond acceptors (Lipinski definition) is 7. The molecule has 2 heterocycles. The lowest BCUT2D eigenvalue weighted by atomic mass is 10.3. The number of thiazole rings is 1. The number of carbonyl (C=O) groups excluding carboxylic acids is 1. The molecule has 0 unspecified atom stereocenters. The minimum absolute atomic E-state index is 0.173. The maximum Gasteiger partial charge on any atom is 0.305 e. The number of carbonyl (C=O) groups is 1. The molecule has 0 aliphatic carbocycles. The molecule has 8 heteroatoms. The monoisotopic (exact) mass is 303 g/mol. The van der Waals surface area contributed by atoms with Crippen molar-refractivity contribution in [2.75, 3.05) is 12.3 Å². The molecule has 0 fully saturated rings. The summed E-state index contributed by atoms with van der Waals surface area (Å²) in [6, 6.07) is 0. The molecular formula is C10H13N3O2S3. The van der Waals surface area contributed by atoms with Crippen molar-refractivity contribution in [2.45, 2.75) is 26.3 Å². The van der Waals surface area contributed by atoms with Gasteiger partial charge in [0.15, 0.2) is 9.60 Å². The number of nitrogen functional groups attached to an aromatic ring is 1. The highest BCUT2D eigenvalue weighted by molar-refractivity contribution is 7.73. The van der Waals surface area contributed by atoms with Gasteiger partial charge >= 0.3 is 5.97 Å². The second-order valence-electron chi connectivity index (χ2n) is 3.63. The molecule has 0 amide bonds. The highest BCUT2D eigenvalue weighted by atomic mass is 32.1. The van der Waals surface area contributed by atoms with Gasteiger partial charge < -0.3 is 15.0 Å².